The van der Waals surface area contributed by atoms with E-state index in [1.54, 1.807) is 6.07 Å². The Bertz CT molecular complexity index is 542. The smallest absolute Gasteiger partial charge is 0.293 e. The molecule has 2 rings (SSSR count). The second-order valence-electron chi connectivity index (χ2n) is 3.44. The molecule has 1 aliphatic heterocycles. The van der Waals surface area contributed by atoms with Crippen molar-refractivity contribution in [3.05, 3.63) is 33.7 Å². The topological polar surface area (TPSA) is 57.6 Å². The van der Waals surface area contributed by atoms with Gasteiger partial charge in [-0.1, -0.05) is 11.6 Å². The summed E-state index contributed by atoms with van der Waals surface area (Å²) in [7, 11) is 1.41. The standard InChI is InChI=1S/C11H8ClNO3S/c1-13-10(15)9(17-11(13)16)5-6-4-7(12)2-3-8(6)14/h2-5,14H,1H3. The number of imide groups is 1. The molecule has 1 saturated heterocycles. The Morgan fingerprint density at radius 3 is 2.71 bits per heavy atom. The third-order valence-corrected chi connectivity index (χ3v) is 3.46. The molecule has 1 aliphatic rings. The van der Waals surface area contributed by atoms with E-state index in [9.17, 15) is 14.7 Å². The lowest BCUT2D eigenvalue weighted by Crippen LogP contribution is -2.22. The summed E-state index contributed by atoms with van der Waals surface area (Å²) in [5.41, 5.74) is 0.413. The Balaban J connectivity index is 2.40. The fourth-order valence-corrected chi connectivity index (χ4v) is 2.33. The van der Waals surface area contributed by atoms with E-state index in [2.05, 4.69) is 0 Å². The van der Waals surface area contributed by atoms with Crippen LogP contribution in [0, 0.1) is 0 Å². The molecule has 1 heterocycles. The number of benzene rings is 1. The third-order valence-electron chi connectivity index (χ3n) is 2.26. The van der Waals surface area contributed by atoms with Crippen molar-refractivity contribution in [2.75, 3.05) is 7.05 Å². The van der Waals surface area contributed by atoms with Crippen LogP contribution in [0.5, 0.6) is 5.75 Å². The number of aromatic hydroxyl groups is 1. The maximum Gasteiger partial charge on any atom is 0.293 e. The van der Waals surface area contributed by atoms with Crippen LogP contribution in [0.2, 0.25) is 5.02 Å². The van der Waals surface area contributed by atoms with Gasteiger partial charge < -0.3 is 5.11 Å². The van der Waals surface area contributed by atoms with Crippen molar-refractivity contribution in [2.24, 2.45) is 0 Å². The van der Waals surface area contributed by atoms with Crippen molar-refractivity contribution in [2.45, 2.75) is 0 Å². The average Bonchev–Trinajstić information content (AvgIpc) is 2.52. The lowest BCUT2D eigenvalue weighted by Gasteiger charge is -2.02. The molecule has 0 aromatic heterocycles. The highest BCUT2D eigenvalue weighted by Gasteiger charge is 2.31. The van der Waals surface area contributed by atoms with Crippen LogP contribution in [0.25, 0.3) is 6.08 Å². The molecular weight excluding hydrogens is 262 g/mol. The monoisotopic (exact) mass is 269 g/mol. The van der Waals surface area contributed by atoms with Crippen LogP contribution >= 0.6 is 23.4 Å². The van der Waals surface area contributed by atoms with E-state index in [-0.39, 0.29) is 21.8 Å². The molecular formula is C11H8ClNO3S. The van der Waals surface area contributed by atoms with Crippen LogP contribution in [0.3, 0.4) is 0 Å². The molecule has 0 aliphatic carbocycles. The average molecular weight is 270 g/mol. The second kappa shape index (κ2) is 4.43. The summed E-state index contributed by atoms with van der Waals surface area (Å²) in [4.78, 5) is 24.2. The number of likely N-dealkylation sites (N-methyl/N-ethyl adjacent to an activating group) is 1. The van der Waals surface area contributed by atoms with Crippen molar-refractivity contribution in [1.29, 1.82) is 0 Å². The van der Waals surface area contributed by atoms with Crippen LogP contribution in [0.1, 0.15) is 5.56 Å². The zero-order chi connectivity index (χ0) is 12.6. The fraction of sp³-hybridized carbons (Fsp3) is 0.0909. The Morgan fingerprint density at radius 1 is 1.41 bits per heavy atom. The van der Waals surface area contributed by atoms with Gasteiger partial charge in [0.2, 0.25) is 0 Å². The van der Waals surface area contributed by atoms with Crippen molar-refractivity contribution < 1.29 is 14.7 Å². The largest absolute Gasteiger partial charge is 0.507 e. The van der Waals surface area contributed by atoms with Gasteiger partial charge >= 0.3 is 0 Å². The number of halogens is 1. The Hall–Kier alpha value is -1.46. The summed E-state index contributed by atoms with van der Waals surface area (Å²) in [6, 6.07) is 4.50. The van der Waals surface area contributed by atoms with E-state index in [0.717, 1.165) is 16.7 Å². The molecule has 0 spiro atoms. The lowest BCUT2D eigenvalue weighted by atomic mass is 10.2. The van der Waals surface area contributed by atoms with Gasteiger partial charge in [0.25, 0.3) is 11.1 Å². The quantitative estimate of drug-likeness (QED) is 0.797. The molecule has 0 saturated carbocycles. The Labute approximate surface area is 107 Å². The minimum absolute atomic E-state index is 0.0114. The predicted octanol–water partition coefficient (Wildman–Crippen LogP) is 2.71. The van der Waals surface area contributed by atoms with Crippen molar-refractivity contribution in [3.8, 4) is 5.75 Å². The summed E-state index contributed by atoms with van der Waals surface area (Å²) in [5.74, 6) is -0.364. The van der Waals surface area contributed by atoms with Gasteiger partial charge in [0, 0.05) is 17.6 Å². The van der Waals surface area contributed by atoms with Gasteiger partial charge in [0.15, 0.2) is 0 Å². The van der Waals surface area contributed by atoms with Gasteiger partial charge in [-0.25, -0.2) is 0 Å². The summed E-state index contributed by atoms with van der Waals surface area (Å²) >= 11 is 6.62. The zero-order valence-electron chi connectivity index (χ0n) is 8.81. The van der Waals surface area contributed by atoms with E-state index in [1.165, 1.54) is 25.3 Å². The summed E-state index contributed by atoms with van der Waals surface area (Å²) in [5, 5.41) is 9.71. The van der Waals surface area contributed by atoms with Crippen molar-refractivity contribution in [1.82, 2.24) is 4.90 Å². The van der Waals surface area contributed by atoms with E-state index < -0.39 is 0 Å². The van der Waals surface area contributed by atoms with Gasteiger partial charge in [0.1, 0.15) is 5.75 Å². The van der Waals surface area contributed by atoms with Gasteiger partial charge in [0.05, 0.1) is 4.91 Å². The highest BCUT2D eigenvalue weighted by Crippen LogP contribution is 2.33. The van der Waals surface area contributed by atoms with Crippen LogP contribution < -0.4 is 0 Å². The molecule has 6 heteroatoms. The molecule has 17 heavy (non-hydrogen) atoms. The van der Waals surface area contributed by atoms with Crippen LogP contribution in [-0.4, -0.2) is 28.2 Å². The second-order valence-corrected chi connectivity index (χ2v) is 4.87. The minimum atomic E-state index is -0.376. The normalized spacial score (nSPS) is 18.2. The first-order valence-electron chi connectivity index (χ1n) is 4.69. The molecule has 88 valence electrons. The SMILES string of the molecule is CN1C(=O)SC(=Cc2cc(Cl)ccc2O)C1=O. The highest BCUT2D eigenvalue weighted by atomic mass is 35.5. The number of rotatable bonds is 1. The van der Waals surface area contributed by atoms with Crippen LogP contribution in [0.15, 0.2) is 23.1 Å². The summed E-state index contributed by atoms with van der Waals surface area (Å²) in [6.07, 6.45) is 1.45. The van der Waals surface area contributed by atoms with Gasteiger partial charge in [-0.3, -0.25) is 14.5 Å². The number of hydrogen-bond acceptors (Lipinski definition) is 4. The van der Waals surface area contributed by atoms with E-state index in [4.69, 9.17) is 11.6 Å². The maximum absolute atomic E-state index is 11.6. The zero-order valence-corrected chi connectivity index (χ0v) is 10.4. The number of nitrogens with zero attached hydrogens (tertiary/aromatic N) is 1. The first kappa shape index (κ1) is 12.0. The Kier molecular flexibility index (Phi) is 3.13. The molecule has 0 unspecified atom stereocenters. The predicted molar refractivity (Wildman–Crippen MR) is 66.9 cm³/mol. The maximum atomic E-state index is 11.6. The molecule has 1 aromatic carbocycles. The number of thioether (sulfide) groups is 1. The molecule has 1 N–H and O–H groups in total. The minimum Gasteiger partial charge on any atom is -0.507 e. The van der Waals surface area contributed by atoms with Crippen LogP contribution in [-0.2, 0) is 4.79 Å². The van der Waals surface area contributed by atoms with Crippen molar-refractivity contribution >= 4 is 40.6 Å². The number of carbonyl (C=O) groups is 2. The molecule has 0 radical (unpaired) electrons. The molecule has 4 nitrogen and oxygen atoms in total. The van der Waals surface area contributed by atoms with Crippen molar-refractivity contribution in [3.63, 3.8) is 0 Å². The fourth-order valence-electron chi connectivity index (χ4n) is 1.33. The van der Waals surface area contributed by atoms with E-state index in [0.29, 0.717) is 10.6 Å². The molecule has 1 aromatic rings. The van der Waals surface area contributed by atoms with Crippen LogP contribution in [0.4, 0.5) is 4.79 Å². The number of hydrogen-bond donors (Lipinski definition) is 1. The summed E-state index contributed by atoms with van der Waals surface area (Å²) in [6.45, 7) is 0. The molecule has 0 atom stereocenters. The molecule has 1 fully saturated rings. The van der Waals surface area contributed by atoms with E-state index in [1.807, 2.05) is 0 Å². The van der Waals surface area contributed by atoms with Gasteiger partial charge in [-0.05, 0) is 36.0 Å². The van der Waals surface area contributed by atoms with E-state index >= 15 is 0 Å². The number of phenols is 1. The first-order chi connectivity index (χ1) is 7.99. The lowest BCUT2D eigenvalue weighted by molar-refractivity contribution is -0.121. The van der Waals surface area contributed by atoms with Gasteiger partial charge in [-0.15, -0.1) is 0 Å². The number of phenolic OH excluding ortho intramolecular Hbond substituents is 1. The number of carbonyl (C=O) groups excluding carboxylic acids is 2. The molecule has 2 amide bonds. The number of amides is 2. The van der Waals surface area contributed by atoms with Gasteiger partial charge in [-0.2, -0.15) is 0 Å². The summed E-state index contributed by atoms with van der Waals surface area (Å²) < 4.78 is 0. The molecule has 0 bridgehead atoms. The highest BCUT2D eigenvalue weighted by molar-refractivity contribution is 8.18. The first-order valence-corrected chi connectivity index (χ1v) is 5.88. The Morgan fingerprint density at radius 2 is 2.12 bits per heavy atom. The third kappa shape index (κ3) is 2.30.